The number of rotatable bonds is 7. The van der Waals surface area contributed by atoms with Crippen LogP contribution in [-0.4, -0.2) is 37.4 Å². The quantitative estimate of drug-likeness (QED) is 0.647. The van der Waals surface area contributed by atoms with Gasteiger partial charge in [0.05, 0.1) is 18.7 Å². The maximum absolute atomic E-state index is 11.8. The Kier molecular flexibility index (Phi) is 6.35. The summed E-state index contributed by atoms with van der Waals surface area (Å²) in [6.07, 6.45) is 0.454. The van der Waals surface area contributed by atoms with E-state index in [0.29, 0.717) is 13.0 Å². The number of aliphatic hydroxyl groups excluding tert-OH is 1. The fourth-order valence-electron chi connectivity index (χ4n) is 1.57. The Hall–Kier alpha value is -1.43. The van der Waals surface area contributed by atoms with Crippen molar-refractivity contribution in [3.8, 4) is 0 Å². The van der Waals surface area contributed by atoms with Gasteiger partial charge in [-0.15, -0.1) is 0 Å². The van der Waals surface area contributed by atoms with Crippen LogP contribution in [0.3, 0.4) is 0 Å². The van der Waals surface area contributed by atoms with E-state index in [9.17, 15) is 9.90 Å². The summed E-state index contributed by atoms with van der Waals surface area (Å²) in [5.41, 5.74) is 6.56. The molecule has 0 heterocycles. The van der Waals surface area contributed by atoms with Gasteiger partial charge >= 0.3 is 0 Å². The molecule has 0 fully saturated rings. The Morgan fingerprint density at radius 1 is 1.44 bits per heavy atom. The van der Waals surface area contributed by atoms with Gasteiger partial charge in [-0.3, -0.25) is 4.79 Å². The molecule has 1 aromatic carbocycles. The topological polar surface area (TPSA) is 84.6 Å². The van der Waals surface area contributed by atoms with Gasteiger partial charge in [0.1, 0.15) is 0 Å². The van der Waals surface area contributed by atoms with Gasteiger partial charge in [-0.1, -0.05) is 30.3 Å². The molecule has 18 heavy (non-hydrogen) atoms. The summed E-state index contributed by atoms with van der Waals surface area (Å²) in [7, 11) is 1.56. The smallest absolute Gasteiger partial charge is 0.237 e. The zero-order valence-electron chi connectivity index (χ0n) is 10.5. The lowest BCUT2D eigenvalue weighted by atomic mass is 10.1. The van der Waals surface area contributed by atoms with E-state index in [-0.39, 0.29) is 12.5 Å². The highest BCUT2D eigenvalue weighted by Gasteiger charge is 2.18. The van der Waals surface area contributed by atoms with Crippen molar-refractivity contribution in [1.29, 1.82) is 0 Å². The predicted molar refractivity (Wildman–Crippen MR) is 68.9 cm³/mol. The molecule has 1 rings (SSSR count). The van der Waals surface area contributed by atoms with Gasteiger partial charge in [-0.25, -0.2) is 0 Å². The van der Waals surface area contributed by atoms with Crippen LogP contribution in [0.1, 0.15) is 18.0 Å². The monoisotopic (exact) mass is 252 g/mol. The molecular formula is C13H20N2O3. The third-order valence-electron chi connectivity index (χ3n) is 2.67. The van der Waals surface area contributed by atoms with Crippen LogP contribution in [0.2, 0.25) is 0 Å². The Morgan fingerprint density at radius 3 is 2.67 bits per heavy atom. The minimum Gasteiger partial charge on any atom is -0.394 e. The highest BCUT2D eigenvalue weighted by molar-refractivity contribution is 5.81. The third kappa shape index (κ3) is 4.44. The van der Waals surface area contributed by atoms with Crippen molar-refractivity contribution in [2.45, 2.75) is 18.5 Å². The average molecular weight is 252 g/mol. The number of ether oxygens (including phenoxy) is 1. The summed E-state index contributed by atoms with van der Waals surface area (Å²) >= 11 is 0. The van der Waals surface area contributed by atoms with Crippen LogP contribution in [0.4, 0.5) is 0 Å². The molecule has 0 saturated carbocycles. The summed E-state index contributed by atoms with van der Waals surface area (Å²) in [4.78, 5) is 11.8. The van der Waals surface area contributed by atoms with Gasteiger partial charge in [0.2, 0.25) is 5.91 Å². The fraction of sp³-hybridized carbons (Fsp3) is 0.462. The van der Waals surface area contributed by atoms with Crippen LogP contribution in [0.15, 0.2) is 30.3 Å². The molecule has 1 aromatic rings. The number of aliphatic hydroxyl groups is 1. The molecule has 5 nitrogen and oxygen atoms in total. The lowest BCUT2D eigenvalue weighted by Gasteiger charge is -2.19. The van der Waals surface area contributed by atoms with Crippen molar-refractivity contribution >= 4 is 5.91 Å². The van der Waals surface area contributed by atoms with Crippen LogP contribution in [0.25, 0.3) is 0 Å². The minimum absolute atomic E-state index is 0.160. The molecule has 0 spiro atoms. The average Bonchev–Trinajstić information content (AvgIpc) is 2.42. The van der Waals surface area contributed by atoms with Gasteiger partial charge in [0.15, 0.2) is 0 Å². The van der Waals surface area contributed by atoms with E-state index in [2.05, 4.69) is 5.32 Å². The Labute approximate surface area is 107 Å². The summed E-state index contributed by atoms with van der Waals surface area (Å²) < 4.78 is 4.87. The SMILES string of the molecule is COCCC(N)C(=O)N[C@H](CO)c1ccccc1. The van der Waals surface area contributed by atoms with E-state index in [1.807, 2.05) is 30.3 Å². The highest BCUT2D eigenvalue weighted by Crippen LogP contribution is 2.11. The number of hydrogen-bond donors (Lipinski definition) is 3. The van der Waals surface area contributed by atoms with Crippen molar-refractivity contribution < 1.29 is 14.6 Å². The Balaban J connectivity index is 2.56. The molecule has 0 radical (unpaired) electrons. The first-order valence-electron chi connectivity index (χ1n) is 5.89. The zero-order valence-corrected chi connectivity index (χ0v) is 10.5. The van der Waals surface area contributed by atoms with Crippen molar-refractivity contribution in [2.75, 3.05) is 20.3 Å². The molecule has 0 aromatic heterocycles. The fourth-order valence-corrected chi connectivity index (χ4v) is 1.57. The maximum Gasteiger partial charge on any atom is 0.237 e. The van der Waals surface area contributed by atoms with E-state index in [1.165, 1.54) is 0 Å². The number of carbonyl (C=O) groups excluding carboxylic acids is 1. The minimum atomic E-state index is -0.622. The van der Waals surface area contributed by atoms with E-state index in [4.69, 9.17) is 10.5 Å². The van der Waals surface area contributed by atoms with Crippen LogP contribution in [0.5, 0.6) is 0 Å². The second-order valence-electron chi connectivity index (χ2n) is 4.04. The molecule has 0 bridgehead atoms. The number of nitrogens with two attached hydrogens (primary N) is 1. The van der Waals surface area contributed by atoms with Crippen molar-refractivity contribution in [3.63, 3.8) is 0 Å². The summed E-state index contributed by atoms with van der Waals surface area (Å²) in [6.45, 7) is 0.274. The molecule has 0 aliphatic carbocycles. The maximum atomic E-state index is 11.8. The number of benzene rings is 1. The van der Waals surface area contributed by atoms with E-state index < -0.39 is 12.1 Å². The molecule has 1 amide bonds. The Morgan fingerprint density at radius 2 is 2.11 bits per heavy atom. The van der Waals surface area contributed by atoms with Gasteiger partial charge in [0.25, 0.3) is 0 Å². The molecule has 5 heteroatoms. The van der Waals surface area contributed by atoms with E-state index in [0.717, 1.165) is 5.56 Å². The van der Waals surface area contributed by atoms with Crippen LogP contribution >= 0.6 is 0 Å². The number of amides is 1. The van der Waals surface area contributed by atoms with Gasteiger partial charge in [0, 0.05) is 13.7 Å². The van der Waals surface area contributed by atoms with Crippen LogP contribution in [-0.2, 0) is 9.53 Å². The summed E-state index contributed by atoms with van der Waals surface area (Å²) in [6, 6.07) is 8.24. The second-order valence-corrected chi connectivity index (χ2v) is 4.04. The molecule has 100 valence electrons. The molecular weight excluding hydrogens is 232 g/mol. The molecule has 1 unspecified atom stereocenters. The molecule has 0 saturated heterocycles. The van der Waals surface area contributed by atoms with Crippen LogP contribution < -0.4 is 11.1 Å². The zero-order chi connectivity index (χ0) is 13.4. The number of nitrogens with one attached hydrogen (secondary N) is 1. The first kappa shape index (κ1) is 14.6. The van der Waals surface area contributed by atoms with Gasteiger partial charge < -0.3 is 20.9 Å². The molecule has 2 atom stereocenters. The van der Waals surface area contributed by atoms with Crippen molar-refractivity contribution in [3.05, 3.63) is 35.9 Å². The summed E-state index contributed by atoms with van der Waals surface area (Å²) in [5.74, 6) is -0.282. The standard InChI is InChI=1S/C13H20N2O3/c1-18-8-7-11(14)13(17)15-12(9-16)10-5-3-2-4-6-10/h2-6,11-12,16H,7-9,14H2,1H3,(H,15,17)/t11?,12-/m1/s1. The normalized spacial score (nSPS) is 13.9. The van der Waals surface area contributed by atoms with E-state index >= 15 is 0 Å². The number of carbonyl (C=O) groups is 1. The third-order valence-corrected chi connectivity index (χ3v) is 2.67. The highest BCUT2D eigenvalue weighted by atomic mass is 16.5. The molecule has 4 N–H and O–H groups in total. The predicted octanol–water partition coefficient (Wildman–Crippen LogP) is 0.200. The molecule has 0 aliphatic heterocycles. The Bertz CT molecular complexity index is 357. The summed E-state index contributed by atoms with van der Waals surface area (Å²) in [5, 5.41) is 12.0. The first-order valence-corrected chi connectivity index (χ1v) is 5.89. The van der Waals surface area contributed by atoms with E-state index in [1.54, 1.807) is 7.11 Å². The second kappa shape index (κ2) is 7.81. The lowest BCUT2D eigenvalue weighted by molar-refractivity contribution is -0.123. The largest absolute Gasteiger partial charge is 0.394 e. The molecule has 0 aliphatic rings. The van der Waals surface area contributed by atoms with Gasteiger partial charge in [-0.2, -0.15) is 0 Å². The lowest BCUT2D eigenvalue weighted by Crippen LogP contribution is -2.43. The van der Waals surface area contributed by atoms with Crippen molar-refractivity contribution in [2.24, 2.45) is 5.73 Å². The number of methoxy groups -OCH3 is 1. The first-order chi connectivity index (χ1) is 8.69. The van der Waals surface area contributed by atoms with Gasteiger partial charge in [-0.05, 0) is 12.0 Å². The van der Waals surface area contributed by atoms with Crippen molar-refractivity contribution in [1.82, 2.24) is 5.32 Å². The number of hydrogen-bond acceptors (Lipinski definition) is 4. The van der Waals surface area contributed by atoms with Crippen LogP contribution in [0, 0.1) is 0 Å².